The molecule has 4 rings (SSSR count). The van der Waals surface area contributed by atoms with Crippen LogP contribution in [0, 0.1) is 13.8 Å². The average molecular weight is 486 g/mol. The van der Waals surface area contributed by atoms with Crippen LogP contribution < -0.4 is 0 Å². The number of para-hydroxylation sites is 1. The van der Waals surface area contributed by atoms with Crippen molar-refractivity contribution in [3.8, 4) is 5.69 Å². The third kappa shape index (κ3) is 5.46. The number of rotatable bonds is 6. The highest BCUT2D eigenvalue weighted by Gasteiger charge is 2.33. The quantitative estimate of drug-likeness (QED) is 0.334. The van der Waals surface area contributed by atoms with E-state index < -0.39 is 0 Å². The normalized spacial score (nSPS) is 16.6. The summed E-state index contributed by atoms with van der Waals surface area (Å²) >= 11 is 1.47. The van der Waals surface area contributed by atoms with Crippen molar-refractivity contribution >= 4 is 34.6 Å². The molecule has 2 aromatic carbocycles. The number of benzene rings is 2. The van der Waals surface area contributed by atoms with E-state index in [1.54, 1.807) is 0 Å². The zero-order valence-electron chi connectivity index (χ0n) is 21.6. The fourth-order valence-electron chi connectivity index (χ4n) is 4.30. The zero-order chi connectivity index (χ0) is 25.2. The molecule has 3 aromatic rings. The predicted molar refractivity (Wildman–Crippen MR) is 150 cm³/mol. The molecule has 1 aliphatic rings. The van der Waals surface area contributed by atoms with Crippen LogP contribution in [0.4, 0.5) is 5.69 Å². The summed E-state index contributed by atoms with van der Waals surface area (Å²) in [5.41, 5.74) is 6.78. The van der Waals surface area contributed by atoms with Crippen molar-refractivity contribution in [2.45, 2.75) is 59.8 Å². The molecule has 1 aliphatic heterocycles. The molecule has 5 heteroatoms. The summed E-state index contributed by atoms with van der Waals surface area (Å²) in [6.07, 6.45) is 4.01. The van der Waals surface area contributed by atoms with Crippen LogP contribution in [-0.2, 0) is 10.2 Å². The molecule has 35 heavy (non-hydrogen) atoms. The lowest BCUT2D eigenvalue weighted by molar-refractivity contribution is -0.122. The van der Waals surface area contributed by atoms with Gasteiger partial charge in [-0.1, -0.05) is 64.4 Å². The number of carbonyl (C=O) groups is 1. The lowest BCUT2D eigenvalue weighted by Gasteiger charge is -2.20. The lowest BCUT2D eigenvalue weighted by Crippen LogP contribution is -2.30. The Hall–Kier alpha value is -3.05. The van der Waals surface area contributed by atoms with Crippen molar-refractivity contribution < 1.29 is 4.79 Å². The number of nitrogens with zero attached hydrogens (tertiary/aromatic N) is 3. The first-order valence-corrected chi connectivity index (χ1v) is 13.2. The van der Waals surface area contributed by atoms with Gasteiger partial charge in [-0.05, 0) is 85.0 Å². The molecule has 0 atom stereocenters. The fraction of sp³-hybridized carbons (Fsp3) is 0.333. The van der Waals surface area contributed by atoms with Crippen LogP contribution in [0.25, 0.3) is 11.8 Å². The Kier molecular flexibility index (Phi) is 7.36. The first kappa shape index (κ1) is 25.1. The molecule has 1 aromatic heterocycles. The van der Waals surface area contributed by atoms with Crippen molar-refractivity contribution in [2.75, 3.05) is 6.54 Å². The molecule has 4 nitrogen and oxygen atoms in total. The van der Waals surface area contributed by atoms with Gasteiger partial charge < -0.3 is 4.57 Å². The van der Waals surface area contributed by atoms with Crippen LogP contribution in [0.1, 0.15) is 63.1 Å². The number of hydrogen-bond acceptors (Lipinski definition) is 3. The summed E-state index contributed by atoms with van der Waals surface area (Å²) in [5, 5.41) is 0.757. The summed E-state index contributed by atoms with van der Waals surface area (Å²) in [4.78, 5) is 20.7. The van der Waals surface area contributed by atoms with Crippen molar-refractivity contribution in [1.82, 2.24) is 9.47 Å². The zero-order valence-corrected chi connectivity index (χ0v) is 22.4. The summed E-state index contributed by atoms with van der Waals surface area (Å²) in [6.45, 7) is 13.8. The number of amides is 1. The number of aromatic nitrogens is 1. The number of thioether (sulfide) groups is 1. The highest BCUT2D eigenvalue weighted by molar-refractivity contribution is 8.18. The fourth-order valence-corrected chi connectivity index (χ4v) is 5.32. The SMILES string of the molecule is CCCCN1C(=O)/C(=C/c2cc(C)n(-c3ccc(C(C)(C)C)cc3)c2C)SC1=Nc1ccccc1. The Labute approximate surface area is 213 Å². The Morgan fingerprint density at radius 3 is 2.31 bits per heavy atom. The minimum absolute atomic E-state index is 0.0393. The monoisotopic (exact) mass is 485 g/mol. The maximum atomic E-state index is 13.4. The number of unbranched alkanes of at least 4 members (excludes halogenated alkanes) is 1. The molecule has 1 fully saturated rings. The molecular weight excluding hydrogens is 450 g/mol. The van der Waals surface area contributed by atoms with Crippen LogP contribution in [0.2, 0.25) is 0 Å². The molecule has 2 heterocycles. The first-order chi connectivity index (χ1) is 16.7. The number of amidine groups is 1. The van der Waals surface area contributed by atoms with E-state index in [0.717, 1.165) is 51.2 Å². The van der Waals surface area contributed by atoms with E-state index in [-0.39, 0.29) is 11.3 Å². The van der Waals surface area contributed by atoms with Crippen LogP contribution in [0.5, 0.6) is 0 Å². The summed E-state index contributed by atoms with van der Waals surface area (Å²) in [7, 11) is 0. The van der Waals surface area contributed by atoms with E-state index in [0.29, 0.717) is 6.54 Å². The van der Waals surface area contributed by atoms with Gasteiger partial charge in [0.2, 0.25) is 0 Å². The van der Waals surface area contributed by atoms with Crippen LogP contribution >= 0.6 is 11.8 Å². The maximum absolute atomic E-state index is 13.4. The Balaban J connectivity index is 1.67. The van der Waals surface area contributed by atoms with E-state index in [4.69, 9.17) is 4.99 Å². The molecule has 0 unspecified atom stereocenters. The minimum atomic E-state index is 0.0393. The maximum Gasteiger partial charge on any atom is 0.266 e. The van der Waals surface area contributed by atoms with E-state index in [1.807, 2.05) is 41.3 Å². The summed E-state index contributed by atoms with van der Waals surface area (Å²) in [5.74, 6) is 0.0393. The Morgan fingerprint density at radius 2 is 1.69 bits per heavy atom. The third-order valence-electron chi connectivity index (χ3n) is 6.35. The van der Waals surface area contributed by atoms with Crippen LogP contribution in [0.3, 0.4) is 0 Å². The molecular formula is C30H35N3OS. The van der Waals surface area contributed by atoms with Gasteiger partial charge in [-0.3, -0.25) is 9.69 Å². The van der Waals surface area contributed by atoms with Crippen LogP contribution in [-0.4, -0.2) is 27.1 Å². The average Bonchev–Trinajstić information content (AvgIpc) is 3.27. The second kappa shape index (κ2) is 10.3. The van der Waals surface area contributed by atoms with Crippen molar-refractivity contribution in [2.24, 2.45) is 4.99 Å². The van der Waals surface area contributed by atoms with Gasteiger partial charge >= 0.3 is 0 Å². The second-order valence-electron chi connectivity index (χ2n) is 10.1. The summed E-state index contributed by atoms with van der Waals surface area (Å²) < 4.78 is 2.26. The lowest BCUT2D eigenvalue weighted by atomic mass is 9.87. The third-order valence-corrected chi connectivity index (χ3v) is 7.36. The van der Waals surface area contributed by atoms with Crippen LogP contribution in [0.15, 0.2) is 70.6 Å². The molecule has 0 saturated carbocycles. The number of carbonyl (C=O) groups excluding carboxylic acids is 1. The highest BCUT2D eigenvalue weighted by atomic mass is 32.2. The van der Waals surface area contributed by atoms with Crippen molar-refractivity contribution in [3.63, 3.8) is 0 Å². The number of hydrogen-bond donors (Lipinski definition) is 0. The standard InChI is InChI=1S/C30H35N3OS/c1-7-8-18-32-28(34)27(35-29(32)31-25-12-10-9-11-13-25)20-23-19-21(2)33(22(23)3)26-16-14-24(15-17-26)30(4,5)6/h9-17,19-20H,7-8,18H2,1-6H3/b27-20-,31-29?. The van der Waals surface area contributed by atoms with E-state index >= 15 is 0 Å². The van der Waals surface area contributed by atoms with Gasteiger partial charge in [-0.15, -0.1) is 0 Å². The van der Waals surface area contributed by atoms with Crippen molar-refractivity contribution in [1.29, 1.82) is 0 Å². The van der Waals surface area contributed by atoms with Gasteiger partial charge in [0.25, 0.3) is 5.91 Å². The minimum Gasteiger partial charge on any atom is -0.318 e. The predicted octanol–water partition coefficient (Wildman–Crippen LogP) is 7.80. The van der Waals surface area contributed by atoms with Gasteiger partial charge in [-0.2, -0.15) is 0 Å². The molecule has 0 aliphatic carbocycles. The second-order valence-corrected chi connectivity index (χ2v) is 11.1. The van der Waals surface area contributed by atoms with Gasteiger partial charge in [0.1, 0.15) is 0 Å². The molecule has 0 spiro atoms. The van der Waals surface area contributed by atoms with Crippen molar-refractivity contribution in [3.05, 3.63) is 88.1 Å². The molecule has 182 valence electrons. The van der Waals surface area contributed by atoms with Gasteiger partial charge in [0.05, 0.1) is 10.6 Å². The molecule has 0 N–H and O–H groups in total. The smallest absolute Gasteiger partial charge is 0.266 e. The molecule has 0 radical (unpaired) electrons. The van der Waals surface area contributed by atoms with E-state index in [1.165, 1.54) is 17.3 Å². The van der Waals surface area contributed by atoms with E-state index in [9.17, 15) is 4.79 Å². The number of aryl methyl sites for hydroxylation is 1. The molecule has 1 amide bonds. The molecule has 1 saturated heterocycles. The largest absolute Gasteiger partial charge is 0.318 e. The Morgan fingerprint density at radius 1 is 1.00 bits per heavy atom. The highest BCUT2D eigenvalue weighted by Crippen LogP contribution is 2.35. The van der Waals surface area contributed by atoms with Gasteiger partial charge in [-0.25, -0.2) is 4.99 Å². The van der Waals surface area contributed by atoms with Gasteiger partial charge in [0.15, 0.2) is 5.17 Å². The molecule has 0 bridgehead atoms. The first-order valence-electron chi connectivity index (χ1n) is 12.3. The number of aliphatic imine (C=N–C) groups is 1. The Bertz CT molecular complexity index is 1260. The topological polar surface area (TPSA) is 37.6 Å². The summed E-state index contributed by atoms with van der Waals surface area (Å²) in [6, 6.07) is 20.8. The van der Waals surface area contributed by atoms with Gasteiger partial charge in [0, 0.05) is 23.6 Å². The van der Waals surface area contributed by atoms with E-state index in [2.05, 4.69) is 76.4 Å².